The van der Waals surface area contributed by atoms with Gasteiger partial charge in [-0.15, -0.1) is 0 Å². The molecule has 2 unspecified atom stereocenters. The fourth-order valence-electron chi connectivity index (χ4n) is 2.84. The molecule has 0 spiro atoms. The molecule has 1 saturated heterocycles. The van der Waals surface area contributed by atoms with Gasteiger partial charge in [-0.25, -0.2) is 0 Å². The Morgan fingerprint density at radius 2 is 2.25 bits per heavy atom. The first-order valence-corrected chi connectivity index (χ1v) is 7.75. The van der Waals surface area contributed by atoms with E-state index >= 15 is 0 Å². The summed E-state index contributed by atoms with van der Waals surface area (Å²) in [5, 5.41) is 3.30. The third-order valence-electron chi connectivity index (χ3n) is 3.84. The molecule has 2 atom stereocenters. The van der Waals surface area contributed by atoms with Gasteiger partial charge in [-0.3, -0.25) is 4.79 Å². The van der Waals surface area contributed by atoms with E-state index in [0.717, 1.165) is 45.5 Å². The number of carbonyl (C=O) groups excluding carboxylic acids is 1. The molecule has 3 N–H and O–H groups in total. The maximum Gasteiger partial charge on any atom is 0.237 e. The molecule has 5 heteroatoms. The van der Waals surface area contributed by atoms with Gasteiger partial charge in [0.25, 0.3) is 0 Å². The lowest BCUT2D eigenvalue weighted by Crippen LogP contribution is -2.55. The number of hydrogen-bond acceptors (Lipinski definition) is 4. The summed E-state index contributed by atoms with van der Waals surface area (Å²) in [5.74, 6) is -0.265. The number of nitrogens with two attached hydrogens (primary N) is 1. The van der Waals surface area contributed by atoms with Crippen molar-refractivity contribution in [1.82, 2.24) is 10.2 Å². The van der Waals surface area contributed by atoms with Gasteiger partial charge in [0.05, 0.1) is 11.6 Å². The Morgan fingerprint density at radius 3 is 2.85 bits per heavy atom. The predicted octanol–water partition coefficient (Wildman–Crippen LogP) is 1.12. The van der Waals surface area contributed by atoms with E-state index in [4.69, 9.17) is 10.5 Å². The second kappa shape index (κ2) is 7.96. The molecule has 118 valence electrons. The fraction of sp³-hybridized carbons (Fsp3) is 0.933. The van der Waals surface area contributed by atoms with Gasteiger partial charge in [-0.2, -0.15) is 0 Å². The molecule has 1 amide bonds. The number of hydrogen-bond donors (Lipinski definition) is 2. The van der Waals surface area contributed by atoms with E-state index in [1.807, 2.05) is 20.8 Å². The molecule has 1 aliphatic heterocycles. The summed E-state index contributed by atoms with van der Waals surface area (Å²) in [5.41, 5.74) is 4.94. The maximum atomic E-state index is 11.7. The Balaban J connectivity index is 2.41. The van der Waals surface area contributed by atoms with Crippen molar-refractivity contribution in [3.63, 3.8) is 0 Å². The van der Waals surface area contributed by atoms with Crippen LogP contribution in [0.15, 0.2) is 0 Å². The normalized spacial score (nSPS) is 24.4. The van der Waals surface area contributed by atoms with Crippen molar-refractivity contribution in [2.24, 2.45) is 5.73 Å². The number of rotatable bonds is 7. The van der Waals surface area contributed by atoms with Crippen molar-refractivity contribution >= 4 is 5.91 Å². The molecule has 1 fully saturated rings. The molecular weight excluding hydrogens is 254 g/mol. The molecule has 1 aliphatic rings. The van der Waals surface area contributed by atoms with Crippen molar-refractivity contribution in [3.8, 4) is 0 Å². The smallest absolute Gasteiger partial charge is 0.237 e. The summed E-state index contributed by atoms with van der Waals surface area (Å²) in [4.78, 5) is 14.1. The summed E-state index contributed by atoms with van der Waals surface area (Å²) in [7, 11) is 0. The predicted molar refractivity (Wildman–Crippen MR) is 81.6 cm³/mol. The van der Waals surface area contributed by atoms with E-state index < -0.39 is 5.54 Å². The highest BCUT2D eigenvalue weighted by atomic mass is 16.5. The number of amides is 1. The van der Waals surface area contributed by atoms with Crippen LogP contribution in [0.5, 0.6) is 0 Å². The highest BCUT2D eigenvalue weighted by Gasteiger charge is 2.31. The van der Waals surface area contributed by atoms with Gasteiger partial charge in [-0.1, -0.05) is 0 Å². The second-order valence-electron chi connectivity index (χ2n) is 6.43. The van der Waals surface area contributed by atoms with Gasteiger partial charge >= 0.3 is 0 Å². The summed E-state index contributed by atoms with van der Waals surface area (Å²) < 4.78 is 5.64. The van der Waals surface area contributed by atoms with Gasteiger partial charge in [0.15, 0.2) is 0 Å². The van der Waals surface area contributed by atoms with Crippen LogP contribution in [-0.4, -0.2) is 54.7 Å². The van der Waals surface area contributed by atoms with Crippen molar-refractivity contribution in [2.75, 3.05) is 26.2 Å². The Hall–Kier alpha value is -0.650. The average Bonchev–Trinajstić information content (AvgIpc) is 2.52. The van der Waals surface area contributed by atoms with Gasteiger partial charge in [-0.05, 0) is 53.5 Å². The van der Waals surface area contributed by atoms with E-state index in [1.165, 1.54) is 0 Å². The molecule has 0 aromatic rings. The van der Waals surface area contributed by atoms with E-state index in [2.05, 4.69) is 17.1 Å². The minimum Gasteiger partial charge on any atom is -0.377 e. The zero-order valence-corrected chi connectivity index (χ0v) is 13.4. The Bertz CT molecular complexity index is 309. The van der Waals surface area contributed by atoms with Crippen molar-refractivity contribution in [1.29, 1.82) is 0 Å². The molecule has 0 aromatic heterocycles. The zero-order chi connectivity index (χ0) is 15.2. The van der Waals surface area contributed by atoms with E-state index in [9.17, 15) is 4.79 Å². The van der Waals surface area contributed by atoms with Gasteiger partial charge in [0, 0.05) is 25.7 Å². The Kier molecular flexibility index (Phi) is 6.92. The molecule has 0 aromatic carbocycles. The van der Waals surface area contributed by atoms with Crippen LogP contribution in [0.1, 0.15) is 47.0 Å². The van der Waals surface area contributed by atoms with Crippen molar-refractivity contribution in [3.05, 3.63) is 0 Å². The van der Waals surface area contributed by atoms with E-state index in [-0.39, 0.29) is 11.9 Å². The minimum atomic E-state index is -0.609. The average molecular weight is 285 g/mol. The molecule has 0 aliphatic carbocycles. The molecule has 1 rings (SSSR count). The topological polar surface area (TPSA) is 67.6 Å². The molecule has 0 saturated carbocycles. The van der Waals surface area contributed by atoms with E-state index in [0.29, 0.717) is 6.10 Å². The SMILES string of the molecule is CC(C)NC(C)(CCCN1CCCOC(C)C1)C(N)=O. The lowest BCUT2D eigenvalue weighted by atomic mass is 9.93. The molecule has 0 bridgehead atoms. The van der Waals surface area contributed by atoms with Crippen LogP contribution in [0, 0.1) is 0 Å². The molecule has 5 nitrogen and oxygen atoms in total. The van der Waals surface area contributed by atoms with Gasteiger partial charge in [0.1, 0.15) is 0 Å². The summed E-state index contributed by atoms with van der Waals surface area (Å²) >= 11 is 0. The standard InChI is InChI=1S/C15H31N3O2/c1-12(2)17-15(4,14(16)19)7-5-8-18-9-6-10-20-13(3)11-18/h12-13,17H,5-11H2,1-4H3,(H2,16,19). The number of ether oxygens (including phenoxy) is 1. The first-order chi connectivity index (χ1) is 9.33. The summed E-state index contributed by atoms with van der Waals surface area (Å²) in [6.07, 6.45) is 3.12. The first kappa shape index (κ1) is 17.4. The highest BCUT2D eigenvalue weighted by Crippen LogP contribution is 2.15. The second-order valence-corrected chi connectivity index (χ2v) is 6.43. The van der Waals surface area contributed by atoms with E-state index in [1.54, 1.807) is 0 Å². The number of nitrogens with one attached hydrogen (secondary N) is 1. The van der Waals surface area contributed by atoms with Crippen LogP contribution in [0.3, 0.4) is 0 Å². The Morgan fingerprint density at radius 1 is 1.55 bits per heavy atom. The van der Waals surface area contributed by atoms with Gasteiger partial charge in [0.2, 0.25) is 5.91 Å². The zero-order valence-electron chi connectivity index (χ0n) is 13.4. The third-order valence-corrected chi connectivity index (χ3v) is 3.84. The molecule has 1 heterocycles. The minimum absolute atomic E-state index is 0.249. The number of primary amides is 1. The van der Waals surface area contributed by atoms with Crippen LogP contribution >= 0.6 is 0 Å². The summed E-state index contributed by atoms with van der Waals surface area (Å²) in [6.45, 7) is 12.0. The Labute approximate surface area is 123 Å². The first-order valence-electron chi connectivity index (χ1n) is 7.75. The fourth-order valence-corrected chi connectivity index (χ4v) is 2.84. The highest BCUT2D eigenvalue weighted by molar-refractivity contribution is 5.84. The largest absolute Gasteiger partial charge is 0.377 e. The van der Waals surface area contributed by atoms with Crippen molar-refractivity contribution in [2.45, 2.75) is 64.6 Å². The number of carbonyl (C=O) groups is 1. The molecular formula is C15H31N3O2. The van der Waals surface area contributed by atoms with Gasteiger partial charge < -0.3 is 20.7 Å². The maximum absolute atomic E-state index is 11.7. The van der Waals surface area contributed by atoms with Crippen LogP contribution in [-0.2, 0) is 9.53 Å². The van der Waals surface area contributed by atoms with Crippen molar-refractivity contribution < 1.29 is 9.53 Å². The molecule has 20 heavy (non-hydrogen) atoms. The summed E-state index contributed by atoms with van der Waals surface area (Å²) in [6, 6.07) is 0.249. The third kappa shape index (κ3) is 5.77. The monoisotopic (exact) mass is 285 g/mol. The lowest BCUT2D eigenvalue weighted by molar-refractivity contribution is -0.124. The van der Waals surface area contributed by atoms with Crippen LogP contribution in [0.4, 0.5) is 0 Å². The van der Waals surface area contributed by atoms with Crippen LogP contribution < -0.4 is 11.1 Å². The molecule has 0 radical (unpaired) electrons. The quantitative estimate of drug-likeness (QED) is 0.735. The number of nitrogens with zero attached hydrogens (tertiary/aromatic N) is 1. The van der Waals surface area contributed by atoms with Crippen LogP contribution in [0.25, 0.3) is 0 Å². The van der Waals surface area contributed by atoms with Crippen LogP contribution in [0.2, 0.25) is 0 Å². The lowest BCUT2D eigenvalue weighted by Gasteiger charge is -2.31.